The van der Waals surface area contributed by atoms with Gasteiger partial charge in [-0.05, 0) is 13.3 Å². The highest BCUT2D eigenvalue weighted by Gasteiger charge is 2.42. The fourth-order valence-electron chi connectivity index (χ4n) is 2.82. The molecule has 3 rings (SSSR count). The Hall–Kier alpha value is -0.870. The molecule has 2 atom stereocenters. The molecule has 0 radical (unpaired) electrons. The predicted molar refractivity (Wildman–Crippen MR) is 56.6 cm³/mol. The SMILES string of the molecule is CC1(C2CCOC2)NCCc2[nH]cnc21. The van der Waals surface area contributed by atoms with E-state index in [9.17, 15) is 0 Å². The summed E-state index contributed by atoms with van der Waals surface area (Å²) in [4.78, 5) is 7.73. The van der Waals surface area contributed by atoms with Crippen molar-refractivity contribution < 1.29 is 4.74 Å². The Labute approximate surface area is 89.4 Å². The van der Waals surface area contributed by atoms with Gasteiger partial charge in [-0.15, -0.1) is 0 Å². The number of rotatable bonds is 1. The Morgan fingerprint density at radius 1 is 1.60 bits per heavy atom. The number of ether oxygens (including phenoxy) is 1. The van der Waals surface area contributed by atoms with Crippen molar-refractivity contribution in [3.8, 4) is 0 Å². The van der Waals surface area contributed by atoms with Gasteiger partial charge >= 0.3 is 0 Å². The summed E-state index contributed by atoms with van der Waals surface area (Å²) in [6, 6.07) is 0. The van der Waals surface area contributed by atoms with Crippen LogP contribution in [0.5, 0.6) is 0 Å². The molecule has 0 bridgehead atoms. The minimum Gasteiger partial charge on any atom is -0.381 e. The quantitative estimate of drug-likeness (QED) is 0.716. The number of fused-ring (bicyclic) bond motifs is 1. The molecule has 1 fully saturated rings. The van der Waals surface area contributed by atoms with Crippen LogP contribution < -0.4 is 5.32 Å². The smallest absolute Gasteiger partial charge is 0.0926 e. The Balaban J connectivity index is 1.99. The molecule has 4 heteroatoms. The fourth-order valence-corrected chi connectivity index (χ4v) is 2.82. The standard InChI is InChI=1S/C11H17N3O/c1-11(8-3-5-15-6-8)10-9(2-4-14-11)12-7-13-10/h7-8,14H,2-6H2,1H3,(H,12,13). The topological polar surface area (TPSA) is 49.9 Å². The predicted octanol–water partition coefficient (Wildman–Crippen LogP) is 0.807. The summed E-state index contributed by atoms with van der Waals surface area (Å²) < 4.78 is 5.49. The van der Waals surface area contributed by atoms with E-state index in [4.69, 9.17) is 4.74 Å². The molecule has 3 heterocycles. The third-order valence-electron chi connectivity index (χ3n) is 3.82. The first-order chi connectivity index (χ1) is 7.31. The van der Waals surface area contributed by atoms with Crippen molar-refractivity contribution in [1.29, 1.82) is 0 Å². The first kappa shape index (κ1) is 9.36. The molecule has 1 aromatic heterocycles. The summed E-state index contributed by atoms with van der Waals surface area (Å²) in [5.74, 6) is 0.555. The molecular formula is C11H17N3O. The van der Waals surface area contributed by atoms with Crippen LogP contribution in [0.2, 0.25) is 0 Å². The zero-order valence-electron chi connectivity index (χ0n) is 9.05. The number of nitrogens with one attached hydrogen (secondary N) is 2. The first-order valence-corrected chi connectivity index (χ1v) is 5.66. The van der Waals surface area contributed by atoms with Gasteiger partial charge in [0.2, 0.25) is 0 Å². The number of hydrogen-bond acceptors (Lipinski definition) is 3. The van der Waals surface area contributed by atoms with E-state index in [1.54, 1.807) is 0 Å². The molecule has 0 amide bonds. The number of hydrogen-bond donors (Lipinski definition) is 2. The molecule has 2 unspecified atom stereocenters. The lowest BCUT2D eigenvalue weighted by Crippen LogP contribution is -2.50. The van der Waals surface area contributed by atoms with Gasteiger partial charge in [-0.1, -0.05) is 0 Å². The lowest BCUT2D eigenvalue weighted by molar-refractivity contribution is 0.147. The van der Waals surface area contributed by atoms with Gasteiger partial charge in [-0.3, -0.25) is 0 Å². The van der Waals surface area contributed by atoms with Crippen molar-refractivity contribution in [2.24, 2.45) is 5.92 Å². The molecule has 1 aromatic rings. The van der Waals surface area contributed by atoms with E-state index in [-0.39, 0.29) is 5.54 Å². The van der Waals surface area contributed by atoms with Gasteiger partial charge in [0.05, 0.1) is 24.2 Å². The van der Waals surface area contributed by atoms with Gasteiger partial charge in [0.15, 0.2) is 0 Å². The number of imidazole rings is 1. The Morgan fingerprint density at radius 2 is 2.53 bits per heavy atom. The summed E-state index contributed by atoms with van der Waals surface area (Å²) in [5, 5.41) is 3.62. The first-order valence-electron chi connectivity index (χ1n) is 5.66. The average Bonchev–Trinajstić information content (AvgIpc) is 2.89. The largest absolute Gasteiger partial charge is 0.381 e. The molecule has 15 heavy (non-hydrogen) atoms. The summed E-state index contributed by atoms with van der Waals surface area (Å²) in [6.07, 6.45) is 4.00. The van der Waals surface area contributed by atoms with Crippen molar-refractivity contribution in [1.82, 2.24) is 15.3 Å². The summed E-state index contributed by atoms with van der Waals surface area (Å²) in [7, 11) is 0. The van der Waals surface area contributed by atoms with Crippen LogP contribution in [-0.4, -0.2) is 29.7 Å². The van der Waals surface area contributed by atoms with Gasteiger partial charge in [-0.25, -0.2) is 4.98 Å². The minimum atomic E-state index is 0.00405. The van der Waals surface area contributed by atoms with Gasteiger partial charge in [0.25, 0.3) is 0 Å². The van der Waals surface area contributed by atoms with Crippen LogP contribution in [0, 0.1) is 5.92 Å². The van der Waals surface area contributed by atoms with Crippen LogP contribution >= 0.6 is 0 Å². The molecule has 2 N–H and O–H groups in total. The van der Waals surface area contributed by atoms with Crippen molar-refractivity contribution in [3.05, 3.63) is 17.7 Å². The second kappa shape index (κ2) is 3.32. The van der Waals surface area contributed by atoms with Crippen LogP contribution in [-0.2, 0) is 16.7 Å². The summed E-state index contributed by atoms with van der Waals surface area (Å²) >= 11 is 0. The molecular weight excluding hydrogens is 190 g/mol. The third kappa shape index (κ3) is 1.32. The van der Waals surface area contributed by atoms with Crippen LogP contribution in [0.15, 0.2) is 6.33 Å². The minimum absolute atomic E-state index is 0.00405. The second-order valence-electron chi connectivity index (χ2n) is 4.67. The monoisotopic (exact) mass is 207 g/mol. The van der Waals surface area contributed by atoms with Crippen molar-refractivity contribution >= 4 is 0 Å². The molecule has 4 nitrogen and oxygen atoms in total. The Bertz CT molecular complexity index is 356. The molecule has 0 saturated carbocycles. The van der Waals surface area contributed by atoms with E-state index in [0.717, 1.165) is 32.6 Å². The summed E-state index contributed by atoms with van der Waals surface area (Å²) in [6.45, 7) is 5.03. The van der Waals surface area contributed by atoms with Gasteiger partial charge < -0.3 is 15.0 Å². The molecule has 0 aliphatic carbocycles. The maximum Gasteiger partial charge on any atom is 0.0926 e. The van der Waals surface area contributed by atoms with Crippen LogP contribution in [0.3, 0.4) is 0 Å². The van der Waals surface area contributed by atoms with E-state index >= 15 is 0 Å². The lowest BCUT2D eigenvalue weighted by atomic mass is 9.79. The Morgan fingerprint density at radius 3 is 3.33 bits per heavy atom. The van der Waals surface area contributed by atoms with Gasteiger partial charge in [0, 0.05) is 31.2 Å². The highest BCUT2D eigenvalue weighted by Crippen LogP contribution is 2.36. The highest BCUT2D eigenvalue weighted by molar-refractivity contribution is 5.25. The zero-order valence-corrected chi connectivity index (χ0v) is 9.05. The molecule has 1 saturated heterocycles. The van der Waals surface area contributed by atoms with Crippen molar-refractivity contribution in [2.75, 3.05) is 19.8 Å². The van der Waals surface area contributed by atoms with E-state index in [1.807, 2.05) is 6.33 Å². The maximum absolute atomic E-state index is 5.49. The van der Waals surface area contributed by atoms with E-state index in [0.29, 0.717) is 5.92 Å². The molecule has 82 valence electrons. The van der Waals surface area contributed by atoms with Crippen molar-refractivity contribution in [3.63, 3.8) is 0 Å². The molecule has 0 aromatic carbocycles. The number of aromatic amines is 1. The number of nitrogens with zero attached hydrogens (tertiary/aromatic N) is 1. The van der Waals surface area contributed by atoms with Gasteiger partial charge in [-0.2, -0.15) is 0 Å². The molecule has 2 aliphatic rings. The zero-order chi connectivity index (χ0) is 10.3. The molecule has 2 aliphatic heterocycles. The number of aromatic nitrogens is 2. The van der Waals surface area contributed by atoms with E-state index < -0.39 is 0 Å². The summed E-state index contributed by atoms with van der Waals surface area (Å²) in [5.41, 5.74) is 2.50. The Kier molecular flexibility index (Phi) is 2.07. The second-order valence-corrected chi connectivity index (χ2v) is 4.67. The normalized spacial score (nSPS) is 35.4. The number of H-pyrrole nitrogens is 1. The average molecular weight is 207 g/mol. The third-order valence-corrected chi connectivity index (χ3v) is 3.82. The lowest BCUT2D eigenvalue weighted by Gasteiger charge is -2.38. The highest BCUT2D eigenvalue weighted by atomic mass is 16.5. The maximum atomic E-state index is 5.49. The van der Waals surface area contributed by atoms with Crippen LogP contribution in [0.25, 0.3) is 0 Å². The van der Waals surface area contributed by atoms with E-state index in [2.05, 4.69) is 22.2 Å². The van der Waals surface area contributed by atoms with Gasteiger partial charge in [0.1, 0.15) is 0 Å². The van der Waals surface area contributed by atoms with Crippen LogP contribution in [0.1, 0.15) is 24.7 Å². The molecule has 0 spiro atoms. The van der Waals surface area contributed by atoms with Crippen molar-refractivity contribution in [2.45, 2.75) is 25.3 Å². The van der Waals surface area contributed by atoms with E-state index in [1.165, 1.54) is 11.4 Å². The van der Waals surface area contributed by atoms with Crippen LogP contribution in [0.4, 0.5) is 0 Å². The fraction of sp³-hybridized carbons (Fsp3) is 0.727.